The molecule has 0 aliphatic heterocycles. The maximum atomic E-state index is 11.8. The molecule has 0 saturated carbocycles. The first-order valence-corrected chi connectivity index (χ1v) is 8.56. The number of amides is 1. The summed E-state index contributed by atoms with van der Waals surface area (Å²) in [7, 11) is -3.49. The summed E-state index contributed by atoms with van der Waals surface area (Å²) in [5.41, 5.74) is 5.84. The van der Waals surface area contributed by atoms with Crippen LogP contribution in [0.5, 0.6) is 0 Å². The molecule has 0 atom stereocenters. The van der Waals surface area contributed by atoms with Crippen molar-refractivity contribution < 1.29 is 13.2 Å². The lowest BCUT2D eigenvalue weighted by atomic mass is 10.3. The van der Waals surface area contributed by atoms with E-state index in [9.17, 15) is 13.2 Å². The summed E-state index contributed by atoms with van der Waals surface area (Å²) in [6.07, 6.45) is 1.08. The van der Waals surface area contributed by atoms with Crippen molar-refractivity contribution in [3.05, 3.63) is 4.88 Å². The summed E-state index contributed by atoms with van der Waals surface area (Å²) in [4.78, 5) is 12.1. The van der Waals surface area contributed by atoms with Crippen LogP contribution in [0.1, 0.15) is 30.4 Å². The molecule has 0 fully saturated rings. The molecule has 0 aliphatic carbocycles. The number of hydrogen-bond acceptors (Lipinski definition) is 6. The Morgan fingerprint density at radius 3 is 2.42 bits per heavy atom. The molecular weight excluding hydrogens is 286 g/mol. The van der Waals surface area contributed by atoms with Gasteiger partial charge in [0, 0.05) is 18.8 Å². The second kappa shape index (κ2) is 5.79. The van der Waals surface area contributed by atoms with Gasteiger partial charge in [-0.25, -0.2) is 8.42 Å². The summed E-state index contributed by atoms with van der Waals surface area (Å²) in [5.74, 6) is -0.355. The molecule has 0 aromatic carbocycles. The second-order valence-electron chi connectivity index (χ2n) is 4.43. The zero-order valence-electron chi connectivity index (χ0n) is 11.4. The Morgan fingerprint density at radius 1 is 1.42 bits per heavy atom. The molecular formula is C11H19N3O3S2. The van der Waals surface area contributed by atoms with Crippen molar-refractivity contribution in [2.45, 2.75) is 31.7 Å². The second-order valence-corrected chi connectivity index (χ2v) is 7.41. The average molecular weight is 305 g/mol. The van der Waals surface area contributed by atoms with Crippen LogP contribution in [0, 0.1) is 0 Å². The Balaban J connectivity index is 3.39. The lowest BCUT2D eigenvalue weighted by Crippen LogP contribution is -2.22. The van der Waals surface area contributed by atoms with Crippen molar-refractivity contribution in [2.24, 2.45) is 0 Å². The van der Waals surface area contributed by atoms with Crippen molar-refractivity contribution in [3.63, 3.8) is 0 Å². The van der Waals surface area contributed by atoms with Gasteiger partial charge in [-0.15, -0.1) is 11.3 Å². The number of anilines is 2. The molecule has 4 N–H and O–H groups in total. The predicted octanol–water partition coefficient (Wildman–Crippen LogP) is 1.30. The van der Waals surface area contributed by atoms with Crippen LogP contribution in [-0.2, 0) is 9.84 Å². The quantitative estimate of drug-likeness (QED) is 0.761. The smallest absolute Gasteiger partial charge is 0.263 e. The molecule has 19 heavy (non-hydrogen) atoms. The molecule has 0 radical (unpaired) electrons. The van der Waals surface area contributed by atoms with Crippen molar-refractivity contribution in [2.75, 3.05) is 23.9 Å². The monoisotopic (exact) mass is 305 g/mol. The number of nitrogens with one attached hydrogen (secondary N) is 2. The van der Waals surface area contributed by atoms with E-state index >= 15 is 0 Å². The summed E-state index contributed by atoms with van der Waals surface area (Å²) in [6.45, 7) is 6.01. The van der Waals surface area contributed by atoms with E-state index in [1.807, 2.05) is 13.8 Å². The molecule has 6 nitrogen and oxygen atoms in total. The number of nitrogens with two attached hydrogens (primary N) is 1. The van der Waals surface area contributed by atoms with Crippen molar-refractivity contribution in [1.29, 1.82) is 0 Å². The topological polar surface area (TPSA) is 101 Å². The Bertz CT molecular complexity index is 576. The third kappa shape index (κ3) is 3.60. The SMILES string of the molecule is CCNC(=O)c1sc(NC(C)C)c(S(C)(=O)=O)c1N. The molecule has 0 unspecified atom stereocenters. The Kier molecular flexibility index (Phi) is 4.81. The van der Waals surface area contributed by atoms with Gasteiger partial charge in [-0.2, -0.15) is 0 Å². The number of sulfone groups is 1. The van der Waals surface area contributed by atoms with Gasteiger partial charge in [-0.1, -0.05) is 0 Å². The molecule has 8 heteroatoms. The fourth-order valence-electron chi connectivity index (χ4n) is 1.56. The molecule has 1 amide bonds. The fourth-order valence-corrected chi connectivity index (χ4v) is 4.18. The molecule has 0 saturated heterocycles. The van der Waals surface area contributed by atoms with Gasteiger partial charge >= 0.3 is 0 Å². The fraction of sp³-hybridized carbons (Fsp3) is 0.545. The van der Waals surface area contributed by atoms with Crippen molar-refractivity contribution >= 4 is 37.8 Å². The van der Waals surface area contributed by atoms with Gasteiger partial charge in [0.15, 0.2) is 9.84 Å². The summed E-state index contributed by atoms with van der Waals surface area (Å²) < 4.78 is 23.6. The predicted molar refractivity (Wildman–Crippen MR) is 78.6 cm³/mol. The van der Waals surface area contributed by atoms with Gasteiger partial charge < -0.3 is 16.4 Å². The van der Waals surface area contributed by atoms with E-state index in [1.165, 1.54) is 0 Å². The maximum Gasteiger partial charge on any atom is 0.263 e. The molecule has 1 rings (SSSR count). The molecule has 1 aromatic heterocycles. The standard InChI is InChI=1S/C11H19N3O3S2/c1-5-13-10(15)8-7(12)9(19(4,16)17)11(18-8)14-6(2)3/h6,14H,5,12H2,1-4H3,(H,13,15). The van der Waals surface area contributed by atoms with Crippen LogP contribution in [0.2, 0.25) is 0 Å². The van der Waals surface area contributed by atoms with Crippen LogP contribution in [0.15, 0.2) is 4.90 Å². The molecule has 0 aliphatic rings. The van der Waals surface area contributed by atoms with E-state index in [0.717, 1.165) is 17.6 Å². The minimum absolute atomic E-state index is 0.00690. The first kappa shape index (κ1) is 15.8. The number of nitrogen functional groups attached to an aromatic ring is 1. The highest BCUT2D eigenvalue weighted by Crippen LogP contribution is 2.39. The highest BCUT2D eigenvalue weighted by molar-refractivity contribution is 7.91. The zero-order chi connectivity index (χ0) is 14.8. The number of hydrogen-bond donors (Lipinski definition) is 3. The van der Waals surface area contributed by atoms with Gasteiger partial charge in [-0.3, -0.25) is 4.79 Å². The first-order valence-electron chi connectivity index (χ1n) is 5.85. The van der Waals surface area contributed by atoms with Gasteiger partial charge in [-0.05, 0) is 20.8 Å². The summed E-state index contributed by atoms with van der Waals surface area (Å²) in [6, 6.07) is 0.0423. The summed E-state index contributed by atoms with van der Waals surface area (Å²) >= 11 is 1.06. The third-order valence-corrected chi connectivity index (χ3v) is 4.66. The average Bonchev–Trinajstić information content (AvgIpc) is 2.54. The number of rotatable bonds is 5. The minimum Gasteiger partial charge on any atom is -0.396 e. The van der Waals surface area contributed by atoms with E-state index in [1.54, 1.807) is 6.92 Å². The van der Waals surface area contributed by atoms with E-state index in [2.05, 4.69) is 10.6 Å². The Hall–Kier alpha value is -1.28. The van der Waals surface area contributed by atoms with Crippen LogP contribution < -0.4 is 16.4 Å². The van der Waals surface area contributed by atoms with E-state index in [0.29, 0.717) is 11.5 Å². The van der Waals surface area contributed by atoms with Crippen molar-refractivity contribution in [3.8, 4) is 0 Å². The normalized spacial score (nSPS) is 11.6. The van der Waals surface area contributed by atoms with Crippen LogP contribution in [0.25, 0.3) is 0 Å². The third-order valence-electron chi connectivity index (χ3n) is 2.23. The Labute approximate surface area is 117 Å². The Morgan fingerprint density at radius 2 is 2.00 bits per heavy atom. The highest BCUT2D eigenvalue weighted by atomic mass is 32.2. The largest absolute Gasteiger partial charge is 0.396 e. The number of carbonyl (C=O) groups is 1. The molecule has 1 heterocycles. The lowest BCUT2D eigenvalue weighted by molar-refractivity contribution is 0.0960. The minimum atomic E-state index is -3.49. The molecule has 1 aromatic rings. The molecule has 0 bridgehead atoms. The summed E-state index contributed by atoms with van der Waals surface area (Å²) in [5, 5.41) is 6.05. The van der Waals surface area contributed by atoms with Crippen LogP contribution in [0.3, 0.4) is 0 Å². The zero-order valence-corrected chi connectivity index (χ0v) is 13.0. The number of thiophene rings is 1. The lowest BCUT2D eigenvalue weighted by Gasteiger charge is -2.09. The number of carbonyl (C=O) groups excluding carboxylic acids is 1. The molecule has 0 spiro atoms. The first-order chi connectivity index (χ1) is 8.68. The van der Waals surface area contributed by atoms with Crippen LogP contribution in [0.4, 0.5) is 10.7 Å². The van der Waals surface area contributed by atoms with Gasteiger partial charge in [0.1, 0.15) is 14.8 Å². The van der Waals surface area contributed by atoms with Crippen molar-refractivity contribution in [1.82, 2.24) is 5.32 Å². The van der Waals surface area contributed by atoms with E-state index < -0.39 is 9.84 Å². The van der Waals surface area contributed by atoms with E-state index in [-0.39, 0.29) is 27.4 Å². The molecule has 108 valence electrons. The highest BCUT2D eigenvalue weighted by Gasteiger charge is 2.27. The van der Waals surface area contributed by atoms with Gasteiger partial charge in [0.25, 0.3) is 5.91 Å². The van der Waals surface area contributed by atoms with Crippen LogP contribution in [-0.4, -0.2) is 33.2 Å². The van der Waals surface area contributed by atoms with Gasteiger partial charge in [0.05, 0.1) is 5.69 Å². The maximum absolute atomic E-state index is 11.8. The van der Waals surface area contributed by atoms with Gasteiger partial charge in [0.2, 0.25) is 0 Å². The van der Waals surface area contributed by atoms with Crippen LogP contribution >= 0.6 is 11.3 Å². The van der Waals surface area contributed by atoms with E-state index in [4.69, 9.17) is 5.73 Å².